The molecule has 0 aromatic carbocycles. The van der Waals surface area contributed by atoms with Crippen LogP contribution in [0.15, 0.2) is 0 Å². The third-order valence-electron chi connectivity index (χ3n) is 4.67. The zero-order chi connectivity index (χ0) is 15.9. The molecule has 1 aliphatic carbocycles. The van der Waals surface area contributed by atoms with Gasteiger partial charge in [-0.2, -0.15) is 0 Å². The molecular formula is C16H31ClN4O2. The van der Waals surface area contributed by atoms with Crippen molar-refractivity contribution in [2.75, 3.05) is 46.3 Å². The second-order valence-corrected chi connectivity index (χ2v) is 6.83. The van der Waals surface area contributed by atoms with Gasteiger partial charge in [0.05, 0.1) is 13.1 Å². The van der Waals surface area contributed by atoms with Crippen molar-refractivity contribution in [2.24, 2.45) is 5.92 Å². The first-order valence-corrected chi connectivity index (χ1v) is 8.51. The summed E-state index contributed by atoms with van der Waals surface area (Å²) in [6.07, 6.45) is 4.55. The van der Waals surface area contributed by atoms with E-state index in [1.165, 1.54) is 12.8 Å². The van der Waals surface area contributed by atoms with Crippen molar-refractivity contribution in [2.45, 2.75) is 38.6 Å². The second-order valence-electron chi connectivity index (χ2n) is 6.83. The van der Waals surface area contributed by atoms with Crippen LogP contribution in [0.4, 0.5) is 0 Å². The van der Waals surface area contributed by atoms with Crippen LogP contribution in [0.5, 0.6) is 0 Å². The van der Waals surface area contributed by atoms with Crippen LogP contribution in [-0.2, 0) is 9.59 Å². The lowest BCUT2D eigenvalue weighted by molar-refractivity contribution is -0.133. The van der Waals surface area contributed by atoms with Crippen molar-refractivity contribution in [1.29, 1.82) is 0 Å². The average Bonchev–Trinajstić information content (AvgIpc) is 2.50. The number of nitrogens with one attached hydrogen (secondary N) is 2. The summed E-state index contributed by atoms with van der Waals surface area (Å²) in [5, 5.41) is 6.34. The van der Waals surface area contributed by atoms with Crippen LogP contribution in [0.2, 0.25) is 0 Å². The van der Waals surface area contributed by atoms with Crippen molar-refractivity contribution >= 4 is 24.2 Å². The molecule has 0 aromatic heterocycles. The topological polar surface area (TPSA) is 64.7 Å². The van der Waals surface area contributed by atoms with Gasteiger partial charge in [0.15, 0.2) is 0 Å². The summed E-state index contributed by atoms with van der Waals surface area (Å²) in [7, 11) is 1.84. The zero-order valence-corrected chi connectivity index (χ0v) is 15.2. The van der Waals surface area contributed by atoms with Crippen molar-refractivity contribution in [3.8, 4) is 0 Å². The molecule has 1 saturated carbocycles. The van der Waals surface area contributed by atoms with Crippen molar-refractivity contribution in [3.63, 3.8) is 0 Å². The van der Waals surface area contributed by atoms with E-state index in [1.807, 2.05) is 16.8 Å². The van der Waals surface area contributed by atoms with Crippen LogP contribution in [0.1, 0.15) is 32.6 Å². The summed E-state index contributed by atoms with van der Waals surface area (Å²) in [6, 6.07) is 0.320. The highest BCUT2D eigenvalue weighted by atomic mass is 35.5. The number of nitrogens with zero attached hydrogens (tertiary/aromatic N) is 2. The molecule has 1 saturated heterocycles. The normalized spacial score (nSPS) is 24.9. The summed E-state index contributed by atoms with van der Waals surface area (Å²) in [6.45, 7) is 6.12. The molecule has 2 rings (SSSR count). The van der Waals surface area contributed by atoms with Gasteiger partial charge in [0, 0.05) is 32.2 Å². The van der Waals surface area contributed by atoms with Gasteiger partial charge in [0.25, 0.3) is 0 Å². The Bertz CT molecular complexity index is 380. The summed E-state index contributed by atoms with van der Waals surface area (Å²) in [5.41, 5.74) is 0. The summed E-state index contributed by atoms with van der Waals surface area (Å²) in [4.78, 5) is 27.9. The highest BCUT2D eigenvalue weighted by molar-refractivity contribution is 5.85. The van der Waals surface area contributed by atoms with Gasteiger partial charge < -0.3 is 15.5 Å². The Labute approximate surface area is 145 Å². The first-order chi connectivity index (χ1) is 10.5. The molecule has 2 fully saturated rings. The molecule has 0 aromatic rings. The number of piperazine rings is 1. The first kappa shape index (κ1) is 20.2. The lowest BCUT2D eigenvalue weighted by Gasteiger charge is -2.30. The van der Waals surface area contributed by atoms with E-state index in [4.69, 9.17) is 0 Å². The number of likely N-dealkylation sites (N-methyl/N-ethyl adjacent to an activating group) is 1. The van der Waals surface area contributed by atoms with Crippen molar-refractivity contribution in [3.05, 3.63) is 0 Å². The number of hydrogen-bond donors (Lipinski definition) is 2. The van der Waals surface area contributed by atoms with Crippen LogP contribution in [0.25, 0.3) is 0 Å². The van der Waals surface area contributed by atoms with Crippen LogP contribution in [0, 0.1) is 5.92 Å². The van der Waals surface area contributed by atoms with Gasteiger partial charge in [0.1, 0.15) is 0 Å². The van der Waals surface area contributed by atoms with E-state index in [0.29, 0.717) is 19.1 Å². The predicted molar refractivity (Wildman–Crippen MR) is 93.8 cm³/mol. The van der Waals surface area contributed by atoms with Crippen LogP contribution >= 0.6 is 12.4 Å². The third-order valence-corrected chi connectivity index (χ3v) is 4.67. The standard InChI is InChI=1S/C16H30N4O2.ClH/c1-13-3-5-14(6-4-13)18-15(21)11-19(2)12-16(22)20-9-7-17-8-10-20;/h13-14,17H,3-12H2,1-2H3,(H,18,21);1H. The monoisotopic (exact) mass is 346 g/mol. The predicted octanol–water partition coefficient (Wildman–Crippen LogP) is 0.467. The number of rotatable bonds is 5. The van der Waals surface area contributed by atoms with Gasteiger partial charge in [-0.05, 0) is 38.6 Å². The Morgan fingerprint density at radius 3 is 2.35 bits per heavy atom. The Balaban J connectivity index is 0.00000264. The van der Waals surface area contributed by atoms with Gasteiger partial charge in [-0.3, -0.25) is 14.5 Å². The molecule has 0 radical (unpaired) electrons. The number of amides is 2. The molecule has 6 nitrogen and oxygen atoms in total. The Morgan fingerprint density at radius 1 is 1.13 bits per heavy atom. The Kier molecular flexibility index (Phi) is 8.87. The summed E-state index contributed by atoms with van der Waals surface area (Å²) >= 11 is 0. The average molecular weight is 347 g/mol. The molecule has 0 bridgehead atoms. The number of hydrogen-bond acceptors (Lipinski definition) is 4. The zero-order valence-electron chi connectivity index (χ0n) is 14.3. The van der Waals surface area contributed by atoms with Gasteiger partial charge in [-0.25, -0.2) is 0 Å². The second kappa shape index (κ2) is 10.1. The maximum Gasteiger partial charge on any atom is 0.236 e. The highest BCUT2D eigenvalue weighted by Crippen LogP contribution is 2.23. The number of carbonyl (C=O) groups excluding carboxylic acids is 2. The molecule has 7 heteroatoms. The maximum atomic E-state index is 12.1. The molecule has 1 heterocycles. The molecule has 1 aliphatic heterocycles. The Morgan fingerprint density at radius 2 is 1.74 bits per heavy atom. The van der Waals surface area contributed by atoms with E-state index in [9.17, 15) is 9.59 Å². The minimum absolute atomic E-state index is 0. The quantitative estimate of drug-likeness (QED) is 0.759. The molecule has 2 N–H and O–H groups in total. The van der Waals surface area contributed by atoms with Gasteiger partial charge in [0.2, 0.25) is 11.8 Å². The SMILES string of the molecule is CC1CCC(NC(=O)CN(C)CC(=O)N2CCNCC2)CC1.Cl. The Hall–Kier alpha value is -0.850. The fourth-order valence-electron chi connectivity index (χ4n) is 3.22. The van der Waals surface area contributed by atoms with E-state index in [-0.39, 0.29) is 24.2 Å². The van der Waals surface area contributed by atoms with Crippen LogP contribution in [0.3, 0.4) is 0 Å². The van der Waals surface area contributed by atoms with Crippen molar-refractivity contribution in [1.82, 2.24) is 20.4 Å². The van der Waals surface area contributed by atoms with E-state index < -0.39 is 0 Å². The summed E-state index contributed by atoms with van der Waals surface area (Å²) in [5.74, 6) is 0.936. The summed E-state index contributed by atoms with van der Waals surface area (Å²) < 4.78 is 0. The molecule has 23 heavy (non-hydrogen) atoms. The largest absolute Gasteiger partial charge is 0.352 e. The molecule has 0 unspecified atom stereocenters. The minimum Gasteiger partial charge on any atom is -0.352 e. The number of carbonyl (C=O) groups is 2. The smallest absolute Gasteiger partial charge is 0.236 e. The molecule has 134 valence electrons. The highest BCUT2D eigenvalue weighted by Gasteiger charge is 2.22. The molecule has 2 aliphatic rings. The van der Waals surface area contributed by atoms with E-state index in [0.717, 1.165) is 44.9 Å². The first-order valence-electron chi connectivity index (χ1n) is 8.51. The fourth-order valence-corrected chi connectivity index (χ4v) is 3.22. The minimum atomic E-state index is 0. The molecular weight excluding hydrogens is 316 g/mol. The van der Waals surface area contributed by atoms with E-state index in [1.54, 1.807) is 0 Å². The lowest BCUT2D eigenvalue weighted by Crippen LogP contribution is -2.50. The van der Waals surface area contributed by atoms with Gasteiger partial charge in [-0.1, -0.05) is 6.92 Å². The van der Waals surface area contributed by atoms with Gasteiger partial charge in [-0.15, -0.1) is 12.4 Å². The maximum absolute atomic E-state index is 12.1. The van der Waals surface area contributed by atoms with Crippen LogP contribution < -0.4 is 10.6 Å². The fraction of sp³-hybridized carbons (Fsp3) is 0.875. The van der Waals surface area contributed by atoms with Crippen molar-refractivity contribution < 1.29 is 9.59 Å². The molecule has 0 spiro atoms. The van der Waals surface area contributed by atoms with Gasteiger partial charge >= 0.3 is 0 Å². The number of halogens is 1. The van der Waals surface area contributed by atoms with E-state index >= 15 is 0 Å². The van der Waals surface area contributed by atoms with Crippen LogP contribution in [-0.4, -0.2) is 74.0 Å². The third kappa shape index (κ3) is 7.06. The molecule has 0 atom stereocenters. The molecule has 2 amide bonds. The lowest BCUT2D eigenvalue weighted by atomic mass is 9.87. The van der Waals surface area contributed by atoms with E-state index in [2.05, 4.69) is 17.6 Å².